The predicted molar refractivity (Wildman–Crippen MR) is 105 cm³/mol. The fourth-order valence-electron chi connectivity index (χ4n) is 3.66. The Balaban J connectivity index is 2.85. The minimum Gasteiger partial charge on any atom is -0.419 e. The predicted octanol–water partition coefficient (Wildman–Crippen LogP) is 7.29. The molecule has 24 heavy (non-hydrogen) atoms. The maximum absolute atomic E-state index is 6.32. The molecule has 2 nitrogen and oxygen atoms in total. The van der Waals surface area contributed by atoms with Gasteiger partial charge in [-0.25, -0.2) is 0 Å². The highest BCUT2D eigenvalue weighted by Gasteiger charge is 2.19. The van der Waals surface area contributed by atoms with Crippen LogP contribution in [0.15, 0.2) is 8.39 Å². The molecule has 0 aliphatic heterocycles. The Kier molecular flexibility index (Phi) is 4.08. The van der Waals surface area contributed by atoms with Crippen molar-refractivity contribution < 1.29 is 8.39 Å². The van der Waals surface area contributed by atoms with Gasteiger partial charge in [-0.3, -0.25) is 0 Å². The van der Waals surface area contributed by atoms with Gasteiger partial charge in [0.1, 0.15) is 11.2 Å². The molecule has 0 aliphatic carbocycles. The van der Waals surface area contributed by atoms with Crippen molar-refractivity contribution in [2.75, 3.05) is 0 Å². The zero-order valence-electron chi connectivity index (χ0n) is 16.3. The van der Waals surface area contributed by atoms with E-state index >= 15 is 0 Å². The SMILES string of the molecule is Cc1c(C)c(C)c2c(op(C)oc3c(C)c(C)c(C)c(C)c32)c1C. The van der Waals surface area contributed by atoms with Crippen molar-refractivity contribution >= 4 is 30.0 Å². The summed E-state index contributed by atoms with van der Waals surface area (Å²) in [6.45, 7) is 19.6. The Bertz CT molecular complexity index is 958. The van der Waals surface area contributed by atoms with Gasteiger partial charge in [0.25, 0.3) is 0 Å². The largest absolute Gasteiger partial charge is 0.419 e. The van der Waals surface area contributed by atoms with Gasteiger partial charge in [-0.2, -0.15) is 0 Å². The summed E-state index contributed by atoms with van der Waals surface area (Å²) in [6, 6.07) is 0. The van der Waals surface area contributed by atoms with Crippen LogP contribution < -0.4 is 0 Å². The maximum atomic E-state index is 6.32. The third kappa shape index (κ3) is 2.24. The molecule has 0 radical (unpaired) electrons. The summed E-state index contributed by atoms with van der Waals surface area (Å²) in [6.07, 6.45) is 0. The van der Waals surface area contributed by atoms with Crippen molar-refractivity contribution in [2.24, 2.45) is 6.66 Å². The molecule has 128 valence electrons. The molecule has 0 N–H and O–H groups in total. The molecule has 2 aromatic carbocycles. The highest BCUT2D eigenvalue weighted by atomic mass is 31.1. The topological polar surface area (TPSA) is 26.3 Å². The van der Waals surface area contributed by atoms with Crippen molar-refractivity contribution in [3.8, 4) is 0 Å². The highest BCUT2D eigenvalue weighted by molar-refractivity contribution is 7.35. The van der Waals surface area contributed by atoms with Crippen LogP contribution in [0.25, 0.3) is 21.9 Å². The molecule has 0 unspecified atom stereocenters. The summed E-state index contributed by atoms with van der Waals surface area (Å²) in [4.78, 5) is 0. The van der Waals surface area contributed by atoms with Crippen LogP contribution in [-0.4, -0.2) is 0 Å². The molecule has 1 aromatic heterocycles. The van der Waals surface area contributed by atoms with Gasteiger partial charge in [0.05, 0.1) is 0 Å². The van der Waals surface area contributed by atoms with Crippen molar-refractivity contribution in [3.05, 3.63) is 44.5 Å². The lowest BCUT2D eigenvalue weighted by atomic mass is 9.89. The van der Waals surface area contributed by atoms with Crippen LogP contribution in [0.5, 0.6) is 0 Å². The van der Waals surface area contributed by atoms with E-state index in [0.29, 0.717) is 0 Å². The second-order valence-electron chi connectivity index (χ2n) is 7.03. The Morgan fingerprint density at radius 3 is 1.08 bits per heavy atom. The number of fused-ring (bicyclic) bond motifs is 3. The molecule has 3 aromatic rings. The third-order valence-corrected chi connectivity index (χ3v) is 6.83. The van der Waals surface area contributed by atoms with Gasteiger partial charge in [-0.05, 0) is 99.9 Å². The smallest absolute Gasteiger partial charge is 0.213 e. The van der Waals surface area contributed by atoms with Gasteiger partial charge >= 0.3 is 0 Å². The van der Waals surface area contributed by atoms with Crippen molar-refractivity contribution in [3.63, 3.8) is 0 Å². The van der Waals surface area contributed by atoms with Crippen molar-refractivity contribution in [2.45, 2.75) is 55.4 Å². The lowest BCUT2D eigenvalue weighted by Crippen LogP contribution is -1.97. The Morgan fingerprint density at radius 1 is 0.458 bits per heavy atom. The molecule has 0 atom stereocenters. The van der Waals surface area contributed by atoms with E-state index in [4.69, 9.17) is 8.39 Å². The van der Waals surface area contributed by atoms with E-state index < -0.39 is 8.01 Å². The van der Waals surface area contributed by atoms with Crippen LogP contribution in [0.2, 0.25) is 0 Å². The van der Waals surface area contributed by atoms with Crippen LogP contribution in [0.1, 0.15) is 44.5 Å². The molecule has 0 saturated carbocycles. The Morgan fingerprint density at radius 2 is 0.750 bits per heavy atom. The van der Waals surface area contributed by atoms with Gasteiger partial charge in [0, 0.05) is 17.4 Å². The molecule has 3 heteroatoms. The number of benzene rings is 2. The summed E-state index contributed by atoms with van der Waals surface area (Å²) in [7, 11) is -0.993. The first kappa shape index (κ1) is 17.2. The maximum Gasteiger partial charge on any atom is 0.213 e. The van der Waals surface area contributed by atoms with Gasteiger partial charge in [-0.1, -0.05) is 0 Å². The molecular weight excluding hydrogens is 315 g/mol. The van der Waals surface area contributed by atoms with Crippen LogP contribution in [0.4, 0.5) is 0 Å². The number of aryl methyl sites for hydroxylation is 5. The monoisotopic (exact) mass is 342 g/mol. The fraction of sp³-hybridized carbons (Fsp3) is 0.429. The summed E-state index contributed by atoms with van der Waals surface area (Å²) < 4.78 is 12.6. The van der Waals surface area contributed by atoms with E-state index in [0.717, 1.165) is 11.2 Å². The zero-order valence-corrected chi connectivity index (χ0v) is 17.2. The first-order valence-electron chi connectivity index (χ1n) is 8.47. The van der Waals surface area contributed by atoms with Crippen LogP contribution in [0.3, 0.4) is 0 Å². The molecule has 3 rings (SSSR count). The minimum absolute atomic E-state index is 0.993. The van der Waals surface area contributed by atoms with Gasteiger partial charge < -0.3 is 8.39 Å². The number of rotatable bonds is 0. The summed E-state index contributed by atoms with van der Waals surface area (Å²) in [5.41, 5.74) is 12.4. The van der Waals surface area contributed by atoms with Gasteiger partial charge in [0.2, 0.25) is 8.01 Å². The third-order valence-electron chi connectivity index (χ3n) is 5.95. The Hall–Kier alpha value is -1.66. The zero-order chi connectivity index (χ0) is 17.9. The summed E-state index contributed by atoms with van der Waals surface area (Å²) >= 11 is 0. The van der Waals surface area contributed by atoms with Crippen molar-refractivity contribution in [1.29, 1.82) is 0 Å². The van der Waals surface area contributed by atoms with Gasteiger partial charge in [0.15, 0.2) is 0 Å². The van der Waals surface area contributed by atoms with Crippen LogP contribution >= 0.6 is 8.01 Å². The van der Waals surface area contributed by atoms with E-state index in [-0.39, 0.29) is 0 Å². The normalized spacial score (nSPS) is 11.5. The van der Waals surface area contributed by atoms with Crippen LogP contribution in [-0.2, 0) is 6.66 Å². The first-order valence-corrected chi connectivity index (χ1v) is 10.1. The molecular formula is C21H27O2P. The van der Waals surface area contributed by atoms with E-state index in [2.05, 4.69) is 55.4 Å². The van der Waals surface area contributed by atoms with E-state index in [9.17, 15) is 0 Å². The first-order chi connectivity index (χ1) is 11.2. The summed E-state index contributed by atoms with van der Waals surface area (Å²) in [5, 5.41) is 2.45. The molecule has 0 spiro atoms. The molecule has 0 bridgehead atoms. The minimum atomic E-state index is -0.993. The van der Waals surface area contributed by atoms with E-state index in [1.165, 1.54) is 55.3 Å². The molecule has 0 aliphatic rings. The van der Waals surface area contributed by atoms with E-state index in [1.807, 2.05) is 6.66 Å². The quantitative estimate of drug-likeness (QED) is 0.428. The lowest BCUT2D eigenvalue weighted by Gasteiger charge is -2.15. The van der Waals surface area contributed by atoms with Gasteiger partial charge in [-0.15, -0.1) is 0 Å². The second-order valence-corrected chi connectivity index (χ2v) is 8.28. The lowest BCUT2D eigenvalue weighted by molar-refractivity contribution is 0.640. The van der Waals surface area contributed by atoms with Crippen LogP contribution in [0, 0.1) is 55.4 Å². The average Bonchev–Trinajstić information content (AvgIpc) is 2.71. The average molecular weight is 342 g/mol. The summed E-state index contributed by atoms with van der Waals surface area (Å²) in [5.74, 6) is 0. The van der Waals surface area contributed by atoms with E-state index in [1.54, 1.807) is 0 Å². The standard InChI is InChI=1S/C21H27O2P/c1-10-12(3)16(7)20-18(14(10)5)19-15(6)11(2)13(4)17(8)21(19)23-24(9)22-20/h1-9H3. The highest BCUT2D eigenvalue weighted by Crippen LogP contribution is 2.42. The molecule has 0 fully saturated rings. The number of hydrogen-bond donors (Lipinski definition) is 0. The fourth-order valence-corrected chi connectivity index (χ4v) is 4.67. The van der Waals surface area contributed by atoms with Crippen molar-refractivity contribution in [1.82, 2.24) is 0 Å². The molecule has 0 amide bonds. The number of hydrogen-bond acceptors (Lipinski definition) is 2. The second kappa shape index (κ2) is 5.70. The molecule has 0 saturated heterocycles. The molecule has 1 heterocycles. The Labute approximate surface area is 145 Å².